The smallest absolute Gasteiger partial charge is 0.228 e. The molecular formula is C14H22N2O. The molecular weight excluding hydrogens is 212 g/mol. The maximum atomic E-state index is 12.3. The molecule has 3 nitrogen and oxygen atoms in total. The van der Waals surface area contributed by atoms with Crippen LogP contribution in [0.15, 0.2) is 31.0 Å². The number of aryl methyl sites for hydroxylation is 1. The molecule has 0 unspecified atom stereocenters. The third-order valence-electron chi connectivity index (χ3n) is 2.68. The van der Waals surface area contributed by atoms with Gasteiger partial charge >= 0.3 is 0 Å². The van der Waals surface area contributed by atoms with Crippen molar-refractivity contribution >= 4 is 5.91 Å². The Bertz CT molecular complexity index is 399. The second kappa shape index (κ2) is 5.21. The Kier molecular flexibility index (Phi) is 4.16. The lowest BCUT2D eigenvalue weighted by Crippen LogP contribution is -2.39. The summed E-state index contributed by atoms with van der Waals surface area (Å²) in [5.41, 5.74) is 0.776. The molecule has 1 heterocycles. The fourth-order valence-corrected chi connectivity index (χ4v) is 1.71. The van der Waals surface area contributed by atoms with Crippen molar-refractivity contribution in [3.05, 3.63) is 36.7 Å². The van der Waals surface area contributed by atoms with Crippen molar-refractivity contribution in [3.63, 3.8) is 0 Å². The molecule has 0 aliphatic carbocycles. The van der Waals surface area contributed by atoms with E-state index >= 15 is 0 Å². The first kappa shape index (κ1) is 13.6. The summed E-state index contributed by atoms with van der Waals surface area (Å²) in [6.07, 6.45) is 3.76. The van der Waals surface area contributed by atoms with Crippen LogP contribution >= 0.6 is 0 Å². The van der Waals surface area contributed by atoms with E-state index in [2.05, 4.69) is 6.58 Å². The van der Waals surface area contributed by atoms with Gasteiger partial charge in [-0.1, -0.05) is 26.8 Å². The summed E-state index contributed by atoms with van der Waals surface area (Å²) in [4.78, 5) is 14.1. The number of hydrogen-bond acceptors (Lipinski definition) is 1. The largest absolute Gasteiger partial charge is 0.353 e. The zero-order valence-electron chi connectivity index (χ0n) is 11.2. The Labute approximate surface area is 104 Å². The van der Waals surface area contributed by atoms with Crippen molar-refractivity contribution in [2.45, 2.75) is 27.3 Å². The molecule has 0 fully saturated rings. The predicted molar refractivity (Wildman–Crippen MR) is 70.5 cm³/mol. The molecule has 0 N–H and O–H groups in total. The van der Waals surface area contributed by atoms with E-state index in [0.29, 0.717) is 13.1 Å². The first-order valence-corrected chi connectivity index (χ1v) is 5.86. The number of carbonyl (C=O) groups excluding carboxylic acids is 1. The van der Waals surface area contributed by atoms with E-state index in [1.54, 1.807) is 6.08 Å². The summed E-state index contributed by atoms with van der Waals surface area (Å²) in [5, 5.41) is 0. The average molecular weight is 234 g/mol. The molecule has 17 heavy (non-hydrogen) atoms. The molecule has 0 aliphatic rings. The van der Waals surface area contributed by atoms with Gasteiger partial charge in [-0.15, -0.1) is 6.58 Å². The van der Waals surface area contributed by atoms with Crippen molar-refractivity contribution in [1.29, 1.82) is 0 Å². The van der Waals surface area contributed by atoms with Gasteiger partial charge in [-0.05, 0) is 12.1 Å². The van der Waals surface area contributed by atoms with Gasteiger partial charge in [-0.3, -0.25) is 4.79 Å². The van der Waals surface area contributed by atoms with Crippen LogP contribution in [0.4, 0.5) is 0 Å². The van der Waals surface area contributed by atoms with Crippen molar-refractivity contribution < 1.29 is 4.79 Å². The molecule has 0 spiro atoms. The number of aromatic nitrogens is 1. The predicted octanol–water partition coefficient (Wildman–Crippen LogP) is 2.59. The third-order valence-corrected chi connectivity index (χ3v) is 2.68. The number of rotatable bonds is 4. The Morgan fingerprint density at radius 3 is 2.59 bits per heavy atom. The summed E-state index contributed by atoms with van der Waals surface area (Å²) in [6.45, 7) is 10.8. The highest BCUT2D eigenvalue weighted by atomic mass is 16.2. The Balaban J connectivity index is 2.84. The summed E-state index contributed by atoms with van der Waals surface area (Å²) < 4.78 is 2.03. The van der Waals surface area contributed by atoms with E-state index in [1.807, 2.05) is 55.6 Å². The quantitative estimate of drug-likeness (QED) is 0.735. The highest BCUT2D eigenvalue weighted by Crippen LogP contribution is 2.19. The molecule has 0 aromatic carbocycles. The lowest BCUT2D eigenvalue weighted by molar-refractivity contribution is -0.139. The van der Waals surface area contributed by atoms with Gasteiger partial charge in [0.15, 0.2) is 0 Å². The maximum Gasteiger partial charge on any atom is 0.228 e. The number of hydrogen-bond donors (Lipinski definition) is 0. The van der Waals surface area contributed by atoms with E-state index in [4.69, 9.17) is 0 Å². The summed E-state index contributed by atoms with van der Waals surface area (Å²) >= 11 is 0. The SMILES string of the molecule is C=CCN(Cc1cccn1C)C(=O)C(C)(C)C. The molecule has 1 amide bonds. The van der Waals surface area contributed by atoms with Crippen LogP contribution in [0.2, 0.25) is 0 Å². The average Bonchev–Trinajstić information content (AvgIpc) is 2.61. The first-order valence-electron chi connectivity index (χ1n) is 5.86. The summed E-state index contributed by atoms with van der Waals surface area (Å²) in [7, 11) is 1.99. The zero-order chi connectivity index (χ0) is 13.1. The lowest BCUT2D eigenvalue weighted by atomic mass is 9.94. The molecule has 0 saturated heterocycles. The summed E-state index contributed by atoms with van der Waals surface area (Å²) in [5.74, 6) is 0.151. The Morgan fingerprint density at radius 2 is 2.18 bits per heavy atom. The first-order chi connectivity index (χ1) is 7.86. The molecule has 0 saturated carbocycles. The van der Waals surface area contributed by atoms with Gasteiger partial charge in [0.05, 0.1) is 6.54 Å². The molecule has 1 aromatic rings. The topological polar surface area (TPSA) is 25.2 Å². The van der Waals surface area contributed by atoms with Crippen LogP contribution < -0.4 is 0 Å². The van der Waals surface area contributed by atoms with Gasteiger partial charge in [0.25, 0.3) is 0 Å². The summed E-state index contributed by atoms with van der Waals surface area (Å²) in [6, 6.07) is 4.02. The second-order valence-corrected chi connectivity index (χ2v) is 5.33. The monoisotopic (exact) mass is 234 g/mol. The molecule has 1 aromatic heterocycles. The van der Waals surface area contributed by atoms with Crippen LogP contribution in [0.25, 0.3) is 0 Å². The van der Waals surface area contributed by atoms with Gasteiger partial charge in [-0.25, -0.2) is 0 Å². The van der Waals surface area contributed by atoms with Gasteiger partial charge in [0.1, 0.15) is 0 Å². The fourth-order valence-electron chi connectivity index (χ4n) is 1.71. The van der Waals surface area contributed by atoms with E-state index < -0.39 is 0 Å². The fraction of sp³-hybridized carbons (Fsp3) is 0.500. The molecule has 0 aliphatic heterocycles. The molecule has 0 bridgehead atoms. The number of carbonyl (C=O) groups is 1. The van der Waals surface area contributed by atoms with Crippen LogP contribution in [-0.2, 0) is 18.4 Å². The Morgan fingerprint density at radius 1 is 1.53 bits per heavy atom. The minimum atomic E-state index is -0.353. The number of nitrogens with zero attached hydrogens (tertiary/aromatic N) is 2. The van der Waals surface area contributed by atoms with Crippen molar-refractivity contribution in [1.82, 2.24) is 9.47 Å². The third kappa shape index (κ3) is 3.48. The van der Waals surface area contributed by atoms with Crippen LogP contribution in [-0.4, -0.2) is 21.9 Å². The minimum Gasteiger partial charge on any atom is -0.353 e. The normalized spacial score (nSPS) is 11.3. The van der Waals surface area contributed by atoms with Crippen LogP contribution in [0.3, 0.4) is 0 Å². The van der Waals surface area contributed by atoms with Gasteiger partial charge in [-0.2, -0.15) is 0 Å². The van der Waals surface area contributed by atoms with Crippen molar-refractivity contribution in [2.75, 3.05) is 6.54 Å². The van der Waals surface area contributed by atoms with E-state index in [0.717, 1.165) is 5.69 Å². The molecule has 3 heteroatoms. The number of amides is 1. The molecule has 94 valence electrons. The molecule has 0 atom stereocenters. The lowest BCUT2D eigenvalue weighted by Gasteiger charge is -2.28. The van der Waals surface area contributed by atoms with Crippen LogP contribution in [0.1, 0.15) is 26.5 Å². The van der Waals surface area contributed by atoms with Crippen LogP contribution in [0.5, 0.6) is 0 Å². The van der Waals surface area contributed by atoms with Crippen LogP contribution in [0, 0.1) is 5.41 Å². The standard InChI is InChI=1S/C14H22N2O/c1-6-9-16(13(17)14(2,3)4)11-12-8-7-10-15(12)5/h6-8,10H,1,9,11H2,2-5H3. The van der Waals surface area contributed by atoms with E-state index in [9.17, 15) is 4.79 Å². The van der Waals surface area contributed by atoms with Crippen molar-refractivity contribution in [2.24, 2.45) is 12.5 Å². The van der Waals surface area contributed by atoms with E-state index in [-0.39, 0.29) is 11.3 Å². The van der Waals surface area contributed by atoms with Crippen molar-refractivity contribution in [3.8, 4) is 0 Å². The van der Waals surface area contributed by atoms with Gasteiger partial charge in [0, 0.05) is 30.9 Å². The van der Waals surface area contributed by atoms with Gasteiger partial charge < -0.3 is 9.47 Å². The highest BCUT2D eigenvalue weighted by molar-refractivity contribution is 5.81. The Hall–Kier alpha value is -1.51. The minimum absolute atomic E-state index is 0.151. The molecule has 0 radical (unpaired) electrons. The highest BCUT2D eigenvalue weighted by Gasteiger charge is 2.26. The zero-order valence-corrected chi connectivity index (χ0v) is 11.2. The van der Waals surface area contributed by atoms with E-state index in [1.165, 1.54) is 0 Å². The second-order valence-electron chi connectivity index (χ2n) is 5.33. The van der Waals surface area contributed by atoms with Gasteiger partial charge in [0.2, 0.25) is 5.91 Å². The molecule has 1 rings (SSSR count). The maximum absolute atomic E-state index is 12.3.